The van der Waals surface area contributed by atoms with Gasteiger partial charge in [-0.1, -0.05) is 6.07 Å². The van der Waals surface area contributed by atoms with Crippen molar-refractivity contribution in [3.05, 3.63) is 42.5 Å². The quantitative estimate of drug-likeness (QED) is 0.366. The smallest absolute Gasteiger partial charge is 0.142 e. The fourth-order valence-electron chi connectivity index (χ4n) is 2.19. The normalized spacial score (nSPS) is 9.96. The highest BCUT2D eigenvalue weighted by atomic mass is 16.5. The number of rotatable bonds is 8. The van der Waals surface area contributed by atoms with Crippen molar-refractivity contribution in [1.29, 1.82) is 0 Å². The van der Waals surface area contributed by atoms with Crippen LogP contribution < -0.4 is 26.8 Å². The molecule has 0 radical (unpaired) electrons. The van der Waals surface area contributed by atoms with Gasteiger partial charge in [-0.25, -0.2) is 0 Å². The zero-order valence-corrected chi connectivity index (χ0v) is 14.7. The monoisotopic (exact) mass is 364 g/mol. The first-order valence-electron chi connectivity index (χ1n) is 8.22. The first-order chi connectivity index (χ1) is 12.5. The van der Waals surface area contributed by atoms with Gasteiger partial charge < -0.3 is 42.2 Å². The zero-order valence-electron chi connectivity index (χ0n) is 14.7. The molecule has 0 bridgehead atoms. The molecule has 2 aromatic rings. The fourth-order valence-corrected chi connectivity index (χ4v) is 2.19. The van der Waals surface area contributed by atoms with Gasteiger partial charge in [0.15, 0.2) is 0 Å². The summed E-state index contributed by atoms with van der Waals surface area (Å²) in [6.45, 7) is 1.36. The van der Waals surface area contributed by atoms with Crippen molar-refractivity contribution in [3.8, 4) is 5.75 Å². The minimum absolute atomic E-state index is 0.0240. The van der Waals surface area contributed by atoms with Crippen LogP contribution in [0.1, 0.15) is 0 Å². The summed E-state index contributed by atoms with van der Waals surface area (Å²) in [5.74, 6) is 0.554. The molecule has 144 valence electrons. The third kappa shape index (κ3) is 7.47. The summed E-state index contributed by atoms with van der Waals surface area (Å²) < 4.78 is 5.11. The molecule has 9 N–H and O–H groups in total. The Bertz CT molecular complexity index is 649. The summed E-state index contributed by atoms with van der Waals surface area (Å²) in [6, 6.07) is 12.4. The van der Waals surface area contributed by atoms with Crippen LogP contribution >= 0.6 is 0 Å². The summed E-state index contributed by atoms with van der Waals surface area (Å²) in [7, 11) is 0. The SMILES string of the molecule is Nc1ccc(OCCO)c(N)c1.Nc1cccc(N(CCO)CCO)c1. The largest absolute Gasteiger partial charge is 0.489 e. The molecule has 0 heterocycles. The summed E-state index contributed by atoms with van der Waals surface area (Å²) >= 11 is 0. The van der Waals surface area contributed by atoms with E-state index < -0.39 is 0 Å². The molecule has 0 aromatic heterocycles. The molecule has 0 saturated heterocycles. The molecule has 0 saturated carbocycles. The minimum atomic E-state index is -0.0240. The van der Waals surface area contributed by atoms with E-state index in [0.29, 0.717) is 35.9 Å². The standard InChI is InChI=1S/C10H16N2O2.C8H12N2O2/c11-9-2-1-3-10(8-9)12(4-6-13)5-7-14;9-6-1-2-8(7(10)5-6)12-4-3-11/h1-3,8,13-14H,4-7,11H2;1-2,5,11H,3-4,9-10H2. The maximum atomic E-state index is 8.84. The van der Waals surface area contributed by atoms with Gasteiger partial charge in [-0.05, 0) is 36.4 Å². The van der Waals surface area contributed by atoms with Gasteiger partial charge in [-0.2, -0.15) is 0 Å². The second kappa shape index (κ2) is 11.8. The van der Waals surface area contributed by atoms with Crippen molar-refractivity contribution >= 4 is 22.7 Å². The predicted octanol–water partition coefficient (Wildman–Crippen LogP) is 0.282. The topological polar surface area (TPSA) is 151 Å². The lowest BCUT2D eigenvalue weighted by Gasteiger charge is -2.23. The highest BCUT2D eigenvalue weighted by Crippen LogP contribution is 2.23. The van der Waals surface area contributed by atoms with Crippen LogP contribution in [-0.2, 0) is 0 Å². The van der Waals surface area contributed by atoms with Gasteiger partial charge in [0.1, 0.15) is 12.4 Å². The maximum absolute atomic E-state index is 8.84. The molecule has 0 fully saturated rings. The number of anilines is 4. The van der Waals surface area contributed by atoms with Crippen molar-refractivity contribution < 1.29 is 20.1 Å². The van der Waals surface area contributed by atoms with E-state index in [1.165, 1.54) is 0 Å². The van der Waals surface area contributed by atoms with Crippen molar-refractivity contribution in [3.63, 3.8) is 0 Å². The Morgan fingerprint density at radius 1 is 0.808 bits per heavy atom. The van der Waals surface area contributed by atoms with Crippen molar-refractivity contribution in [2.24, 2.45) is 0 Å². The molecular weight excluding hydrogens is 336 g/mol. The van der Waals surface area contributed by atoms with Gasteiger partial charge in [-0.15, -0.1) is 0 Å². The highest BCUT2D eigenvalue weighted by molar-refractivity contribution is 5.60. The molecule has 0 amide bonds. The Balaban J connectivity index is 0.000000263. The van der Waals surface area contributed by atoms with E-state index in [9.17, 15) is 0 Å². The number of aliphatic hydroxyl groups is 3. The molecule has 0 atom stereocenters. The average molecular weight is 364 g/mol. The van der Waals surface area contributed by atoms with Gasteiger partial charge >= 0.3 is 0 Å². The summed E-state index contributed by atoms with van der Waals surface area (Å²) in [5, 5.41) is 26.2. The number of aliphatic hydroxyl groups excluding tert-OH is 3. The van der Waals surface area contributed by atoms with Gasteiger partial charge in [0.05, 0.1) is 25.5 Å². The first kappa shape index (κ1) is 21.4. The summed E-state index contributed by atoms with van der Waals surface area (Å²) in [5.41, 5.74) is 19.4. The number of nitrogens with two attached hydrogens (primary N) is 3. The lowest BCUT2D eigenvalue weighted by molar-refractivity contribution is 0.202. The Morgan fingerprint density at radius 3 is 2.00 bits per heavy atom. The zero-order chi connectivity index (χ0) is 19.4. The highest BCUT2D eigenvalue weighted by Gasteiger charge is 2.04. The van der Waals surface area contributed by atoms with Gasteiger partial charge in [0.25, 0.3) is 0 Å². The van der Waals surface area contributed by atoms with Crippen molar-refractivity contribution in [2.75, 3.05) is 61.6 Å². The fraction of sp³-hybridized carbons (Fsp3) is 0.333. The van der Waals surface area contributed by atoms with E-state index in [1.54, 1.807) is 24.3 Å². The Hall–Kier alpha value is -2.68. The number of ether oxygens (including phenoxy) is 1. The van der Waals surface area contributed by atoms with Crippen LogP contribution in [0.4, 0.5) is 22.7 Å². The first-order valence-corrected chi connectivity index (χ1v) is 8.22. The van der Waals surface area contributed by atoms with E-state index >= 15 is 0 Å². The molecule has 0 unspecified atom stereocenters. The van der Waals surface area contributed by atoms with Gasteiger partial charge in [0.2, 0.25) is 0 Å². The van der Waals surface area contributed by atoms with E-state index in [-0.39, 0.29) is 26.4 Å². The third-order valence-electron chi connectivity index (χ3n) is 3.36. The number of benzene rings is 2. The number of nitrogen functional groups attached to an aromatic ring is 3. The van der Waals surface area contributed by atoms with E-state index in [2.05, 4.69) is 0 Å². The van der Waals surface area contributed by atoms with E-state index in [0.717, 1.165) is 5.69 Å². The summed E-state index contributed by atoms with van der Waals surface area (Å²) in [6.07, 6.45) is 0. The number of hydrogen-bond donors (Lipinski definition) is 6. The van der Waals surface area contributed by atoms with Crippen LogP contribution in [0.15, 0.2) is 42.5 Å². The molecule has 2 rings (SSSR count). The Kier molecular flexibility index (Phi) is 9.70. The van der Waals surface area contributed by atoms with Crippen LogP contribution in [0.5, 0.6) is 5.75 Å². The van der Waals surface area contributed by atoms with E-state index in [4.69, 9.17) is 37.3 Å². The average Bonchev–Trinajstić information content (AvgIpc) is 2.61. The predicted molar refractivity (Wildman–Crippen MR) is 105 cm³/mol. The number of hydrogen-bond acceptors (Lipinski definition) is 8. The van der Waals surface area contributed by atoms with Gasteiger partial charge in [-0.3, -0.25) is 0 Å². The van der Waals surface area contributed by atoms with Crippen LogP contribution in [-0.4, -0.2) is 54.8 Å². The molecule has 0 aliphatic rings. The maximum Gasteiger partial charge on any atom is 0.142 e. The Labute approximate surface area is 153 Å². The molecule has 8 heteroatoms. The Morgan fingerprint density at radius 2 is 1.46 bits per heavy atom. The molecule has 26 heavy (non-hydrogen) atoms. The summed E-state index contributed by atoms with van der Waals surface area (Å²) in [4.78, 5) is 1.89. The second-order valence-electron chi connectivity index (χ2n) is 5.40. The molecule has 0 spiro atoms. The van der Waals surface area contributed by atoms with Crippen LogP contribution in [0.2, 0.25) is 0 Å². The lowest BCUT2D eigenvalue weighted by atomic mass is 10.2. The number of nitrogens with zero attached hydrogens (tertiary/aromatic N) is 1. The molecule has 2 aromatic carbocycles. The molecular formula is C18H28N4O4. The lowest BCUT2D eigenvalue weighted by Crippen LogP contribution is -2.29. The van der Waals surface area contributed by atoms with Crippen LogP contribution in [0, 0.1) is 0 Å². The van der Waals surface area contributed by atoms with E-state index in [1.807, 2.05) is 23.1 Å². The second-order valence-corrected chi connectivity index (χ2v) is 5.40. The van der Waals surface area contributed by atoms with Crippen LogP contribution in [0.3, 0.4) is 0 Å². The molecule has 8 nitrogen and oxygen atoms in total. The van der Waals surface area contributed by atoms with Gasteiger partial charge in [0, 0.05) is 30.2 Å². The van der Waals surface area contributed by atoms with Crippen molar-refractivity contribution in [2.45, 2.75) is 0 Å². The van der Waals surface area contributed by atoms with Crippen LogP contribution in [0.25, 0.3) is 0 Å². The molecule has 0 aliphatic heterocycles. The minimum Gasteiger partial charge on any atom is -0.489 e. The third-order valence-corrected chi connectivity index (χ3v) is 3.36. The molecule has 0 aliphatic carbocycles. The van der Waals surface area contributed by atoms with Crippen molar-refractivity contribution in [1.82, 2.24) is 0 Å².